The van der Waals surface area contributed by atoms with Gasteiger partial charge in [0.15, 0.2) is 5.69 Å². The fourth-order valence-corrected chi connectivity index (χ4v) is 1.99. The number of hydrogen-bond acceptors (Lipinski definition) is 5. The first-order chi connectivity index (χ1) is 9.74. The lowest BCUT2D eigenvalue weighted by molar-refractivity contribution is 0.114. The Morgan fingerprint density at radius 3 is 2.75 bits per heavy atom. The predicted molar refractivity (Wildman–Crippen MR) is 76.4 cm³/mol. The summed E-state index contributed by atoms with van der Waals surface area (Å²) in [6.07, 6.45) is 2.73. The number of nitriles is 1. The number of hydrogen-bond donors (Lipinski definition) is 1. The summed E-state index contributed by atoms with van der Waals surface area (Å²) < 4.78 is 5.44. The van der Waals surface area contributed by atoms with Crippen LogP contribution in [0.5, 0.6) is 0 Å². The zero-order valence-electron chi connectivity index (χ0n) is 10.9. The van der Waals surface area contributed by atoms with Crippen molar-refractivity contribution < 1.29 is 4.74 Å². The molecule has 0 aliphatic rings. The van der Waals surface area contributed by atoms with Gasteiger partial charge in [-0.3, -0.25) is 0 Å². The molecule has 1 N–H and O–H groups in total. The molecule has 0 spiro atoms. The van der Waals surface area contributed by atoms with Crippen LogP contribution in [-0.4, -0.2) is 23.6 Å². The summed E-state index contributed by atoms with van der Waals surface area (Å²) in [6, 6.07) is 9.45. The van der Waals surface area contributed by atoms with Crippen LogP contribution in [-0.2, 0) is 4.74 Å². The second-order valence-electron chi connectivity index (χ2n) is 4.03. The molecule has 0 fully saturated rings. The van der Waals surface area contributed by atoms with Gasteiger partial charge in [0.2, 0.25) is 0 Å². The third-order valence-electron chi connectivity index (χ3n) is 2.77. The van der Waals surface area contributed by atoms with Crippen LogP contribution in [0.2, 0.25) is 5.02 Å². The maximum absolute atomic E-state index is 8.66. The van der Waals surface area contributed by atoms with Gasteiger partial charge in [-0.2, -0.15) is 5.26 Å². The zero-order valence-corrected chi connectivity index (χ0v) is 11.6. The fourth-order valence-electron chi connectivity index (χ4n) is 1.73. The van der Waals surface area contributed by atoms with Crippen LogP contribution >= 0.6 is 11.6 Å². The fraction of sp³-hybridized carbons (Fsp3) is 0.214. The van der Waals surface area contributed by atoms with Gasteiger partial charge in [-0.15, -0.1) is 0 Å². The second kappa shape index (κ2) is 6.85. The molecule has 1 unspecified atom stereocenters. The normalized spacial score (nSPS) is 11.7. The van der Waals surface area contributed by atoms with Crippen molar-refractivity contribution >= 4 is 17.4 Å². The molecule has 2 rings (SSSR count). The first kappa shape index (κ1) is 14.3. The Labute approximate surface area is 122 Å². The Morgan fingerprint density at radius 1 is 1.35 bits per heavy atom. The predicted octanol–water partition coefficient (Wildman–Crippen LogP) is 2.80. The summed E-state index contributed by atoms with van der Waals surface area (Å²) in [4.78, 5) is 8.03. The lowest BCUT2D eigenvalue weighted by Crippen LogP contribution is -2.15. The molecule has 1 aromatic heterocycles. The number of halogens is 1. The minimum absolute atomic E-state index is 0.193. The highest BCUT2D eigenvalue weighted by Gasteiger charge is 2.13. The third-order valence-corrected chi connectivity index (χ3v) is 3.12. The van der Waals surface area contributed by atoms with E-state index in [-0.39, 0.29) is 11.8 Å². The number of aromatic nitrogens is 2. The molecule has 1 aromatic carbocycles. The standard InChI is InChI=1S/C14H13ClN4O/c1-20-13(11-4-2-3-5-12(11)15)8-19-14-9-17-10(6-16)7-18-14/h2-5,7,9,13H,8H2,1H3,(H,18,19). The minimum atomic E-state index is -0.193. The molecule has 0 amide bonds. The SMILES string of the molecule is COC(CNc1cnc(C#N)cn1)c1ccccc1Cl. The van der Waals surface area contributed by atoms with Crippen molar-refractivity contribution in [2.45, 2.75) is 6.10 Å². The lowest BCUT2D eigenvalue weighted by atomic mass is 10.1. The van der Waals surface area contributed by atoms with E-state index in [4.69, 9.17) is 21.6 Å². The van der Waals surface area contributed by atoms with Gasteiger partial charge >= 0.3 is 0 Å². The van der Waals surface area contributed by atoms with Crippen LogP contribution < -0.4 is 5.32 Å². The smallest absolute Gasteiger partial charge is 0.158 e. The molecule has 1 atom stereocenters. The lowest BCUT2D eigenvalue weighted by Gasteiger charge is -2.17. The molecule has 0 aliphatic heterocycles. The number of rotatable bonds is 5. The number of benzene rings is 1. The van der Waals surface area contributed by atoms with Crippen LogP contribution in [0.4, 0.5) is 5.82 Å². The van der Waals surface area contributed by atoms with E-state index >= 15 is 0 Å². The van der Waals surface area contributed by atoms with Gasteiger partial charge in [-0.25, -0.2) is 9.97 Å². The van der Waals surface area contributed by atoms with E-state index in [0.717, 1.165) is 5.56 Å². The van der Waals surface area contributed by atoms with Gasteiger partial charge in [0.25, 0.3) is 0 Å². The number of nitrogens with zero attached hydrogens (tertiary/aromatic N) is 3. The summed E-state index contributed by atoms with van der Waals surface area (Å²) in [5.41, 5.74) is 1.19. The molecule has 0 aliphatic carbocycles. The zero-order chi connectivity index (χ0) is 14.4. The molecule has 0 saturated carbocycles. The summed E-state index contributed by atoms with van der Waals surface area (Å²) in [5.74, 6) is 0.582. The molecule has 0 radical (unpaired) electrons. The van der Waals surface area contributed by atoms with Gasteiger partial charge in [-0.05, 0) is 6.07 Å². The van der Waals surface area contributed by atoms with Crippen LogP contribution in [0.1, 0.15) is 17.4 Å². The Bertz CT molecular complexity index is 609. The van der Waals surface area contributed by atoms with E-state index in [9.17, 15) is 0 Å². The topological polar surface area (TPSA) is 70.8 Å². The Kier molecular flexibility index (Phi) is 4.88. The van der Waals surface area contributed by atoms with E-state index in [1.54, 1.807) is 7.11 Å². The molecule has 20 heavy (non-hydrogen) atoms. The Balaban J connectivity index is 2.04. The highest BCUT2D eigenvalue weighted by atomic mass is 35.5. The molecule has 0 saturated heterocycles. The number of methoxy groups -OCH3 is 1. The minimum Gasteiger partial charge on any atom is -0.375 e. The average Bonchev–Trinajstić information content (AvgIpc) is 2.50. The van der Waals surface area contributed by atoms with E-state index in [0.29, 0.717) is 17.4 Å². The van der Waals surface area contributed by atoms with E-state index in [2.05, 4.69) is 15.3 Å². The van der Waals surface area contributed by atoms with E-state index < -0.39 is 0 Å². The van der Waals surface area contributed by atoms with Crippen molar-refractivity contribution in [2.75, 3.05) is 19.0 Å². The molecule has 6 heteroatoms. The monoisotopic (exact) mass is 288 g/mol. The first-order valence-electron chi connectivity index (χ1n) is 5.98. The van der Waals surface area contributed by atoms with Crippen molar-refractivity contribution in [1.82, 2.24) is 9.97 Å². The van der Waals surface area contributed by atoms with Crippen LogP contribution in [0.15, 0.2) is 36.7 Å². The number of anilines is 1. The highest BCUT2D eigenvalue weighted by Crippen LogP contribution is 2.25. The van der Waals surface area contributed by atoms with Crippen molar-refractivity contribution in [3.63, 3.8) is 0 Å². The van der Waals surface area contributed by atoms with Gasteiger partial charge < -0.3 is 10.1 Å². The third kappa shape index (κ3) is 3.44. The molecule has 2 aromatic rings. The molecule has 102 valence electrons. The van der Waals surface area contributed by atoms with E-state index in [1.807, 2.05) is 30.3 Å². The van der Waals surface area contributed by atoms with Crippen molar-refractivity contribution in [3.8, 4) is 6.07 Å². The summed E-state index contributed by atoms with van der Waals surface area (Å²) in [5, 5.41) is 12.4. The van der Waals surface area contributed by atoms with E-state index in [1.165, 1.54) is 12.4 Å². The van der Waals surface area contributed by atoms with Gasteiger partial charge in [0.05, 0.1) is 12.4 Å². The van der Waals surface area contributed by atoms with Crippen LogP contribution in [0.25, 0.3) is 0 Å². The molecule has 0 bridgehead atoms. The number of nitrogens with one attached hydrogen (secondary N) is 1. The van der Waals surface area contributed by atoms with Gasteiger partial charge in [0.1, 0.15) is 18.0 Å². The number of ether oxygens (including phenoxy) is 1. The molecule has 1 heterocycles. The second-order valence-corrected chi connectivity index (χ2v) is 4.43. The van der Waals surface area contributed by atoms with Gasteiger partial charge in [0, 0.05) is 24.2 Å². The molecular formula is C14H13ClN4O. The first-order valence-corrected chi connectivity index (χ1v) is 6.35. The summed E-state index contributed by atoms with van der Waals surface area (Å²) in [6.45, 7) is 0.501. The maximum Gasteiger partial charge on any atom is 0.158 e. The molecular weight excluding hydrogens is 276 g/mol. The Hall–Kier alpha value is -2.16. The largest absolute Gasteiger partial charge is 0.375 e. The summed E-state index contributed by atoms with van der Waals surface area (Å²) >= 11 is 6.15. The Morgan fingerprint density at radius 2 is 2.15 bits per heavy atom. The highest BCUT2D eigenvalue weighted by molar-refractivity contribution is 6.31. The van der Waals surface area contributed by atoms with Crippen molar-refractivity contribution in [2.24, 2.45) is 0 Å². The van der Waals surface area contributed by atoms with Crippen LogP contribution in [0, 0.1) is 11.3 Å². The summed E-state index contributed by atoms with van der Waals surface area (Å²) in [7, 11) is 1.63. The molecule has 5 nitrogen and oxygen atoms in total. The quantitative estimate of drug-likeness (QED) is 0.916. The van der Waals surface area contributed by atoms with Crippen LogP contribution in [0.3, 0.4) is 0 Å². The maximum atomic E-state index is 8.66. The average molecular weight is 289 g/mol. The van der Waals surface area contributed by atoms with Crippen molar-refractivity contribution in [3.05, 3.63) is 52.9 Å². The van der Waals surface area contributed by atoms with Crippen molar-refractivity contribution in [1.29, 1.82) is 5.26 Å². The van der Waals surface area contributed by atoms with Gasteiger partial charge in [-0.1, -0.05) is 29.8 Å².